The molecule has 1 aliphatic rings. The van der Waals surface area contributed by atoms with Crippen molar-refractivity contribution >= 4 is 23.5 Å². The molecule has 0 saturated carbocycles. The molecule has 0 aromatic carbocycles. The van der Waals surface area contributed by atoms with Gasteiger partial charge in [0, 0.05) is 0 Å². The molecular formula is C18H27N2O6+. The maximum atomic E-state index is 12.4. The van der Waals surface area contributed by atoms with Crippen molar-refractivity contribution in [2.24, 2.45) is 0 Å². The van der Waals surface area contributed by atoms with Crippen LogP contribution < -0.4 is 10.2 Å². The van der Waals surface area contributed by atoms with Crippen LogP contribution in [0.2, 0.25) is 0 Å². The first-order valence-corrected chi connectivity index (χ1v) is 8.83. The molecule has 1 aliphatic heterocycles. The first kappa shape index (κ1) is 20.1. The van der Waals surface area contributed by atoms with E-state index in [-0.39, 0.29) is 59.8 Å². The van der Waals surface area contributed by atoms with Gasteiger partial charge in [0.15, 0.2) is 12.3 Å². The van der Waals surface area contributed by atoms with Crippen LogP contribution in [-0.4, -0.2) is 56.1 Å². The molecule has 2 rings (SSSR count). The molecule has 8 nitrogen and oxygen atoms in total. The topological polar surface area (TPSA) is 99.3 Å². The van der Waals surface area contributed by atoms with Crippen LogP contribution in [0.25, 0.3) is 0 Å². The maximum Gasteiger partial charge on any atom is 0.344 e. The molecule has 8 heteroatoms. The Morgan fingerprint density at radius 2 is 1.81 bits per heavy atom. The van der Waals surface area contributed by atoms with Crippen molar-refractivity contribution in [3.05, 3.63) is 16.9 Å². The molecule has 1 saturated heterocycles. The van der Waals surface area contributed by atoms with Crippen LogP contribution in [0.4, 0.5) is 5.88 Å². The summed E-state index contributed by atoms with van der Waals surface area (Å²) in [4.78, 5) is 37.7. The fourth-order valence-corrected chi connectivity index (χ4v) is 3.39. The van der Waals surface area contributed by atoms with Gasteiger partial charge in [-0.05, 0) is 34.6 Å². The lowest BCUT2D eigenvalue weighted by Gasteiger charge is -2.31. The summed E-state index contributed by atoms with van der Waals surface area (Å²) in [7, 11) is 0. The van der Waals surface area contributed by atoms with Gasteiger partial charge in [0.05, 0.1) is 12.2 Å². The summed E-state index contributed by atoms with van der Waals surface area (Å²) < 4.78 is 16.2. The van der Waals surface area contributed by atoms with Crippen LogP contribution in [0.15, 0.2) is 4.42 Å². The summed E-state index contributed by atoms with van der Waals surface area (Å²) in [6.07, 6.45) is 0.152. The average Bonchev–Trinajstić information content (AvgIpc) is 2.82. The number of carbonyl (C=O) groups excluding carboxylic acids is 3. The number of ether oxygens (including phenoxy) is 2. The number of anilines is 1. The third-order valence-electron chi connectivity index (χ3n) is 4.20. The molecule has 1 amide bonds. The second-order valence-electron chi connectivity index (χ2n) is 6.65. The van der Waals surface area contributed by atoms with E-state index in [1.165, 1.54) is 6.92 Å². The van der Waals surface area contributed by atoms with Gasteiger partial charge in [-0.25, -0.2) is 4.79 Å². The number of Topliss-reactive ketones (excluding diaryl/α,β-unsaturated/α-hetero) is 1. The smallest absolute Gasteiger partial charge is 0.344 e. The van der Waals surface area contributed by atoms with Crippen LogP contribution in [0.3, 0.4) is 0 Å². The minimum absolute atomic E-state index is 0.0242. The number of nitrogens with one attached hydrogen (secondary N) is 2. The van der Waals surface area contributed by atoms with Crippen LogP contribution in [0.5, 0.6) is 0 Å². The van der Waals surface area contributed by atoms with Crippen LogP contribution in [0.1, 0.15) is 54.2 Å². The minimum atomic E-state index is -0.689. The van der Waals surface area contributed by atoms with Crippen LogP contribution >= 0.6 is 0 Å². The molecule has 144 valence electrons. The number of esters is 1. The van der Waals surface area contributed by atoms with Gasteiger partial charge in [-0.1, -0.05) is 0 Å². The Bertz CT molecular complexity index is 686. The van der Waals surface area contributed by atoms with Gasteiger partial charge in [0.25, 0.3) is 5.91 Å². The van der Waals surface area contributed by atoms with Crippen molar-refractivity contribution in [2.75, 3.05) is 31.6 Å². The molecule has 1 aromatic rings. The van der Waals surface area contributed by atoms with Crippen molar-refractivity contribution in [1.29, 1.82) is 0 Å². The number of rotatable bonds is 6. The van der Waals surface area contributed by atoms with Gasteiger partial charge >= 0.3 is 5.97 Å². The van der Waals surface area contributed by atoms with E-state index in [1.807, 2.05) is 13.8 Å². The number of quaternary nitrogens is 1. The highest BCUT2D eigenvalue weighted by Crippen LogP contribution is 2.28. The lowest BCUT2D eigenvalue weighted by atomic mass is 10.1. The summed E-state index contributed by atoms with van der Waals surface area (Å²) >= 11 is 0. The normalized spacial score (nSPS) is 22.7. The Balaban J connectivity index is 2.17. The molecule has 0 aliphatic carbocycles. The third-order valence-corrected chi connectivity index (χ3v) is 4.20. The summed E-state index contributed by atoms with van der Waals surface area (Å²) in [5.41, 5.74) is 0.114. The van der Waals surface area contributed by atoms with Gasteiger partial charge in [-0.15, -0.1) is 0 Å². The second kappa shape index (κ2) is 8.46. The molecule has 0 bridgehead atoms. The molecule has 1 fully saturated rings. The Labute approximate surface area is 152 Å². The first-order valence-electron chi connectivity index (χ1n) is 8.83. The van der Waals surface area contributed by atoms with Gasteiger partial charge in [0.1, 0.15) is 36.6 Å². The number of amides is 1. The van der Waals surface area contributed by atoms with Crippen molar-refractivity contribution in [2.45, 2.75) is 46.8 Å². The molecule has 0 spiro atoms. The predicted molar refractivity (Wildman–Crippen MR) is 93.6 cm³/mol. The molecule has 2 heterocycles. The fourth-order valence-electron chi connectivity index (χ4n) is 3.39. The molecule has 1 unspecified atom stereocenters. The van der Waals surface area contributed by atoms with Crippen molar-refractivity contribution in [1.82, 2.24) is 0 Å². The van der Waals surface area contributed by atoms with Crippen LogP contribution in [0, 0.1) is 6.92 Å². The number of hydrogen-bond donors (Lipinski definition) is 2. The number of ketones is 1. The van der Waals surface area contributed by atoms with E-state index in [9.17, 15) is 14.4 Å². The van der Waals surface area contributed by atoms with Gasteiger partial charge in [0.2, 0.25) is 5.88 Å². The van der Waals surface area contributed by atoms with Crippen molar-refractivity contribution < 1.29 is 33.2 Å². The Hall–Kier alpha value is -2.19. The van der Waals surface area contributed by atoms with Gasteiger partial charge < -0.3 is 18.8 Å². The largest absolute Gasteiger partial charge is 0.462 e. The van der Waals surface area contributed by atoms with E-state index in [0.29, 0.717) is 0 Å². The van der Waals surface area contributed by atoms with Crippen LogP contribution in [-0.2, 0) is 14.3 Å². The molecule has 26 heavy (non-hydrogen) atoms. The lowest BCUT2D eigenvalue weighted by molar-refractivity contribution is -0.907. The number of aryl methyl sites for hydroxylation is 1. The monoisotopic (exact) mass is 367 g/mol. The van der Waals surface area contributed by atoms with Gasteiger partial charge in [-0.3, -0.25) is 14.9 Å². The number of carbonyl (C=O) groups is 3. The van der Waals surface area contributed by atoms with E-state index < -0.39 is 5.97 Å². The van der Waals surface area contributed by atoms with E-state index in [2.05, 4.69) is 5.32 Å². The highest BCUT2D eigenvalue weighted by Gasteiger charge is 2.31. The SMILES string of the molecule is CCOC(=O)c1c(NC(=O)C[NH+]2C[C@@H](C)O[C@@H](C)C2)oc(C)c1C(C)=O. The number of hydrogen-bond acceptors (Lipinski definition) is 6. The summed E-state index contributed by atoms with van der Waals surface area (Å²) in [6, 6.07) is 0. The molecule has 2 N–H and O–H groups in total. The number of morpholine rings is 1. The standard InChI is InChI=1S/C18H26N2O6/c1-6-24-18(23)16-15(12(4)21)13(5)26-17(16)19-14(22)9-20-7-10(2)25-11(3)8-20/h10-11H,6-9H2,1-5H3,(H,19,22)/p+1/t10-,11+. The quantitative estimate of drug-likeness (QED) is 0.564. The zero-order valence-electron chi connectivity index (χ0n) is 15.9. The van der Waals surface area contributed by atoms with Gasteiger partial charge in [-0.2, -0.15) is 0 Å². The van der Waals surface area contributed by atoms with E-state index >= 15 is 0 Å². The Kier molecular flexibility index (Phi) is 6.55. The highest BCUT2D eigenvalue weighted by molar-refractivity contribution is 6.10. The van der Waals surface area contributed by atoms with E-state index in [0.717, 1.165) is 18.0 Å². The first-order chi connectivity index (χ1) is 12.2. The zero-order valence-corrected chi connectivity index (χ0v) is 15.9. The number of furan rings is 1. The van der Waals surface area contributed by atoms with Crippen molar-refractivity contribution in [3.8, 4) is 0 Å². The van der Waals surface area contributed by atoms with Crippen molar-refractivity contribution in [3.63, 3.8) is 0 Å². The Morgan fingerprint density at radius 1 is 1.19 bits per heavy atom. The lowest BCUT2D eigenvalue weighted by Crippen LogP contribution is -3.16. The second-order valence-corrected chi connectivity index (χ2v) is 6.65. The average molecular weight is 367 g/mol. The zero-order chi connectivity index (χ0) is 19.4. The Morgan fingerprint density at radius 3 is 2.35 bits per heavy atom. The fraction of sp³-hybridized carbons (Fsp3) is 0.611. The summed E-state index contributed by atoms with van der Waals surface area (Å²) in [5.74, 6) is -1.07. The molecular weight excluding hydrogens is 340 g/mol. The summed E-state index contributed by atoms with van der Waals surface area (Å²) in [5, 5.41) is 2.62. The summed E-state index contributed by atoms with van der Waals surface area (Å²) in [6.45, 7) is 10.3. The van der Waals surface area contributed by atoms with E-state index in [1.54, 1.807) is 13.8 Å². The molecule has 0 radical (unpaired) electrons. The maximum absolute atomic E-state index is 12.4. The third kappa shape index (κ3) is 4.70. The predicted octanol–water partition coefficient (Wildman–Crippen LogP) is 0.598. The molecule has 3 atom stereocenters. The highest BCUT2D eigenvalue weighted by atomic mass is 16.5. The minimum Gasteiger partial charge on any atom is -0.462 e. The molecule has 1 aromatic heterocycles. The van der Waals surface area contributed by atoms with E-state index in [4.69, 9.17) is 13.9 Å².